The summed E-state index contributed by atoms with van der Waals surface area (Å²) < 4.78 is 12.9. The summed E-state index contributed by atoms with van der Waals surface area (Å²) in [6.45, 7) is 5.26. The van der Waals surface area contributed by atoms with Gasteiger partial charge in [-0.05, 0) is 19.1 Å². The molecule has 0 bridgehead atoms. The molecule has 1 aromatic rings. The van der Waals surface area contributed by atoms with Crippen LogP contribution in [0.3, 0.4) is 0 Å². The van der Waals surface area contributed by atoms with Crippen LogP contribution in [-0.4, -0.2) is 10.7 Å². The minimum Gasteiger partial charge on any atom is -0.295 e. The molecule has 0 atom stereocenters. The number of halogens is 1. The zero-order chi connectivity index (χ0) is 12.0. The van der Waals surface area contributed by atoms with Crippen LogP contribution in [-0.2, 0) is 0 Å². The number of hydrogen-bond acceptors (Lipinski definition) is 3. The Morgan fingerprint density at radius 3 is 2.27 bits per heavy atom. The van der Waals surface area contributed by atoms with Crippen molar-refractivity contribution in [2.75, 3.05) is 0 Å². The highest BCUT2D eigenvalue weighted by molar-refractivity contribution is 5.94. The van der Waals surface area contributed by atoms with Crippen molar-refractivity contribution >= 4 is 11.5 Å². The van der Waals surface area contributed by atoms with Gasteiger partial charge in [-0.1, -0.05) is 13.8 Å². The van der Waals surface area contributed by atoms with Crippen molar-refractivity contribution < 1.29 is 14.1 Å². The van der Waals surface area contributed by atoms with Gasteiger partial charge in [0.1, 0.15) is 0 Å². The highest BCUT2D eigenvalue weighted by Crippen LogP contribution is 2.17. The van der Waals surface area contributed by atoms with E-state index in [1.807, 2.05) is 13.8 Å². The molecule has 0 fully saturated rings. The van der Waals surface area contributed by atoms with E-state index < -0.39 is 16.4 Å². The molecule has 15 heavy (non-hydrogen) atoms. The van der Waals surface area contributed by atoms with Crippen LogP contribution >= 0.6 is 0 Å². The van der Waals surface area contributed by atoms with Crippen LogP contribution in [0.25, 0.3) is 0 Å². The Hall–Kier alpha value is -1.78. The lowest BCUT2D eigenvalue weighted by Crippen LogP contribution is -1.97. The Labute approximate surface area is 86.9 Å². The van der Waals surface area contributed by atoms with Crippen LogP contribution in [0, 0.1) is 15.9 Å². The molecule has 4 nitrogen and oxygen atoms in total. The minimum atomic E-state index is -0.988. The zero-order valence-electron chi connectivity index (χ0n) is 8.78. The molecule has 0 radical (unpaired) electrons. The summed E-state index contributed by atoms with van der Waals surface area (Å²) in [5, 5.41) is 10.2. The average molecular weight is 213 g/mol. The van der Waals surface area contributed by atoms with Crippen LogP contribution in [0.1, 0.15) is 31.1 Å². The van der Waals surface area contributed by atoms with Crippen LogP contribution in [0.5, 0.6) is 0 Å². The van der Waals surface area contributed by atoms with Gasteiger partial charge in [0, 0.05) is 11.6 Å². The SMILES string of the molecule is CC.CC(=O)c1ccc([N+](=O)[O-])c(F)c1. The maximum Gasteiger partial charge on any atom is 0.304 e. The first-order valence-electron chi connectivity index (χ1n) is 4.47. The third-order valence-corrected chi connectivity index (χ3v) is 1.55. The van der Waals surface area contributed by atoms with Crippen molar-refractivity contribution in [3.63, 3.8) is 0 Å². The van der Waals surface area contributed by atoms with E-state index in [2.05, 4.69) is 0 Å². The molecule has 0 aliphatic carbocycles. The first-order valence-corrected chi connectivity index (χ1v) is 4.47. The first kappa shape index (κ1) is 13.2. The van der Waals surface area contributed by atoms with Gasteiger partial charge in [0.15, 0.2) is 5.78 Å². The van der Waals surface area contributed by atoms with Gasteiger partial charge < -0.3 is 0 Å². The molecule has 82 valence electrons. The number of benzene rings is 1. The Morgan fingerprint density at radius 1 is 1.40 bits per heavy atom. The van der Waals surface area contributed by atoms with E-state index in [9.17, 15) is 19.3 Å². The number of rotatable bonds is 2. The topological polar surface area (TPSA) is 60.2 Å². The van der Waals surface area contributed by atoms with Crippen molar-refractivity contribution in [3.05, 3.63) is 39.7 Å². The van der Waals surface area contributed by atoms with Gasteiger partial charge in [-0.25, -0.2) is 0 Å². The largest absolute Gasteiger partial charge is 0.304 e. The van der Waals surface area contributed by atoms with E-state index in [1.165, 1.54) is 13.0 Å². The lowest BCUT2D eigenvalue weighted by Gasteiger charge is -1.96. The molecule has 1 aromatic carbocycles. The summed E-state index contributed by atoms with van der Waals surface area (Å²) in [5.41, 5.74) is -0.492. The fourth-order valence-corrected chi connectivity index (χ4v) is 0.874. The average Bonchev–Trinajstić information content (AvgIpc) is 2.20. The number of nitro groups is 1. The zero-order valence-corrected chi connectivity index (χ0v) is 8.78. The molecule has 5 heteroatoms. The van der Waals surface area contributed by atoms with E-state index in [0.717, 1.165) is 12.1 Å². The maximum atomic E-state index is 12.9. The van der Waals surface area contributed by atoms with E-state index in [4.69, 9.17) is 0 Å². The van der Waals surface area contributed by atoms with Crippen LogP contribution in [0.4, 0.5) is 10.1 Å². The monoisotopic (exact) mass is 213 g/mol. The molecule has 0 aromatic heterocycles. The van der Waals surface area contributed by atoms with E-state index >= 15 is 0 Å². The smallest absolute Gasteiger partial charge is 0.295 e. The second-order valence-electron chi connectivity index (χ2n) is 2.48. The van der Waals surface area contributed by atoms with Gasteiger partial charge in [0.2, 0.25) is 5.82 Å². The van der Waals surface area contributed by atoms with E-state index in [-0.39, 0.29) is 11.3 Å². The van der Waals surface area contributed by atoms with Crippen LogP contribution < -0.4 is 0 Å². The van der Waals surface area contributed by atoms with Gasteiger partial charge in [0.05, 0.1) is 4.92 Å². The third kappa shape index (κ3) is 3.46. The molecule has 0 aliphatic heterocycles. The van der Waals surface area contributed by atoms with Gasteiger partial charge in [-0.3, -0.25) is 14.9 Å². The fourth-order valence-electron chi connectivity index (χ4n) is 0.874. The van der Waals surface area contributed by atoms with Gasteiger partial charge >= 0.3 is 5.69 Å². The predicted molar refractivity (Wildman–Crippen MR) is 54.4 cm³/mol. The van der Waals surface area contributed by atoms with Crippen molar-refractivity contribution in [1.82, 2.24) is 0 Å². The Balaban J connectivity index is 0.000000921. The molecule has 1 rings (SSSR count). The maximum absolute atomic E-state index is 12.9. The summed E-state index contributed by atoms with van der Waals surface area (Å²) in [4.78, 5) is 20.1. The number of Topliss-reactive ketones (excluding diaryl/α,β-unsaturated/α-hetero) is 1. The summed E-state index contributed by atoms with van der Waals surface area (Å²) in [5.74, 6) is -1.31. The van der Waals surface area contributed by atoms with Crippen molar-refractivity contribution in [2.45, 2.75) is 20.8 Å². The van der Waals surface area contributed by atoms with Gasteiger partial charge in [-0.2, -0.15) is 4.39 Å². The van der Waals surface area contributed by atoms with E-state index in [0.29, 0.717) is 0 Å². The van der Waals surface area contributed by atoms with Crippen molar-refractivity contribution in [2.24, 2.45) is 0 Å². The molecular weight excluding hydrogens is 201 g/mol. The molecule has 0 N–H and O–H groups in total. The molecule has 0 saturated heterocycles. The normalized spacial score (nSPS) is 8.80. The molecule has 0 saturated carbocycles. The molecule has 0 unspecified atom stereocenters. The van der Waals surface area contributed by atoms with E-state index in [1.54, 1.807) is 0 Å². The van der Waals surface area contributed by atoms with Crippen LogP contribution in [0.2, 0.25) is 0 Å². The van der Waals surface area contributed by atoms with Gasteiger partial charge in [-0.15, -0.1) is 0 Å². The first-order chi connectivity index (χ1) is 7.02. The lowest BCUT2D eigenvalue weighted by atomic mass is 10.1. The molecule has 0 amide bonds. The Bertz CT molecular complexity index is 377. The highest BCUT2D eigenvalue weighted by Gasteiger charge is 2.14. The third-order valence-electron chi connectivity index (χ3n) is 1.55. The lowest BCUT2D eigenvalue weighted by molar-refractivity contribution is -0.387. The summed E-state index contributed by atoms with van der Waals surface area (Å²) in [6.07, 6.45) is 0. The standard InChI is InChI=1S/C8H6FNO3.C2H6/c1-5(11)6-2-3-8(10(12)13)7(9)4-6;1-2/h2-4H,1H3;1-2H3. The number of carbonyl (C=O) groups excluding carboxylic acids is 1. The molecule has 0 heterocycles. The van der Waals surface area contributed by atoms with Crippen molar-refractivity contribution in [3.8, 4) is 0 Å². The summed E-state index contributed by atoms with van der Waals surface area (Å²) in [7, 11) is 0. The highest BCUT2D eigenvalue weighted by atomic mass is 19.1. The van der Waals surface area contributed by atoms with Crippen molar-refractivity contribution in [1.29, 1.82) is 0 Å². The minimum absolute atomic E-state index is 0.128. The number of carbonyl (C=O) groups is 1. The second kappa shape index (κ2) is 5.85. The Kier molecular flexibility index (Phi) is 5.15. The van der Waals surface area contributed by atoms with Crippen LogP contribution in [0.15, 0.2) is 18.2 Å². The van der Waals surface area contributed by atoms with Gasteiger partial charge in [0.25, 0.3) is 0 Å². The molecular formula is C10H12FNO3. The predicted octanol–water partition coefficient (Wildman–Crippen LogP) is 2.96. The summed E-state index contributed by atoms with van der Waals surface area (Å²) in [6, 6.07) is 3.07. The number of ketones is 1. The molecule has 0 spiro atoms. The Morgan fingerprint density at radius 2 is 1.93 bits per heavy atom. The molecule has 0 aliphatic rings. The fraction of sp³-hybridized carbons (Fsp3) is 0.300. The quantitative estimate of drug-likeness (QED) is 0.431. The number of hydrogen-bond donors (Lipinski definition) is 0. The number of nitrogens with zero attached hydrogens (tertiary/aromatic N) is 1. The number of nitro benzene ring substituents is 1. The second-order valence-corrected chi connectivity index (χ2v) is 2.48. The summed E-state index contributed by atoms with van der Waals surface area (Å²) >= 11 is 0.